The highest BCUT2D eigenvalue weighted by Gasteiger charge is 2.42. The maximum Gasteiger partial charge on any atom is 0.285 e. The third-order valence-corrected chi connectivity index (χ3v) is 18.4. The fourth-order valence-electron chi connectivity index (χ4n) is 8.28. The van der Waals surface area contributed by atoms with Crippen LogP contribution in [0.15, 0.2) is 194 Å². The number of para-hydroxylation sites is 5. The summed E-state index contributed by atoms with van der Waals surface area (Å²) in [5.74, 6) is 2.33. The third-order valence-electron chi connectivity index (χ3n) is 11.4. The molecule has 11 rings (SSSR count). The topological polar surface area (TPSA) is 119 Å². The van der Waals surface area contributed by atoms with Gasteiger partial charge < -0.3 is 23.8 Å². The molecular weight excluding hydrogens is 1000 g/mol. The molecule has 2 N–H and O–H groups in total. The summed E-state index contributed by atoms with van der Waals surface area (Å²) in [5.41, 5.74) is 6.49. The summed E-state index contributed by atoms with van der Waals surface area (Å²) in [7, 11) is -8.98. The molecule has 4 atom stereocenters. The highest BCUT2D eigenvalue weighted by atomic mass is 31.2. The van der Waals surface area contributed by atoms with Gasteiger partial charge in [-0.3, -0.25) is 13.7 Å². The van der Waals surface area contributed by atoms with E-state index in [2.05, 4.69) is 0 Å². The molecule has 0 fully saturated rings. The molecule has 3 heterocycles. The van der Waals surface area contributed by atoms with Crippen molar-refractivity contribution in [1.29, 1.82) is 0 Å². The average molecular weight is 1090 g/mol. The van der Waals surface area contributed by atoms with Gasteiger partial charge in [0.1, 0.15) is 28.7 Å². The van der Waals surface area contributed by atoms with Gasteiger partial charge in [-0.15, -0.1) is 0 Å². The summed E-state index contributed by atoms with van der Waals surface area (Å²) in [6, 6.07) is 59.8. The largest absolute Gasteiger partial charge is 0.508 e. The second kappa shape index (κ2) is 32.1. The minimum Gasteiger partial charge on any atom is -0.508 e. The minimum atomic E-state index is -3.24. The fourth-order valence-corrected chi connectivity index (χ4v) is 14.9. The fraction of sp³-hybridized carbons (Fsp3) is 0.262. The van der Waals surface area contributed by atoms with Crippen molar-refractivity contribution in [2.24, 2.45) is 0 Å². The van der Waals surface area contributed by atoms with E-state index in [0.717, 1.165) is 38.7 Å². The van der Waals surface area contributed by atoms with E-state index in [-0.39, 0.29) is 18.9 Å². The summed E-state index contributed by atoms with van der Waals surface area (Å²) in [4.78, 5) is 0. The van der Waals surface area contributed by atoms with Crippen molar-refractivity contribution in [3.8, 4) is 62.1 Å². The molecule has 0 saturated heterocycles. The van der Waals surface area contributed by atoms with Crippen LogP contribution in [-0.4, -0.2) is 16.9 Å². The number of hydrogen-bond acceptors (Lipinski definition) is 8. The van der Waals surface area contributed by atoms with Gasteiger partial charge in [-0.25, -0.2) is 0 Å². The quantitative estimate of drug-likeness (QED) is 0.167. The molecule has 8 aromatic rings. The lowest BCUT2D eigenvalue weighted by molar-refractivity contribution is 0.457. The summed E-state index contributed by atoms with van der Waals surface area (Å²) in [6.07, 6.45) is 0.383. The summed E-state index contributed by atoms with van der Waals surface area (Å²) >= 11 is 0. The zero-order chi connectivity index (χ0) is 55.8. The van der Waals surface area contributed by atoms with E-state index in [1.165, 1.54) is 0 Å². The Labute approximate surface area is 456 Å². The summed E-state index contributed by atoms with van der Waals surface area (Å²) in [6.45, 7) is 27.5. The van der Waals surface area contributed by atoms with E-state index in [4.69, 9.17) is 13.6 Å². The van der Waals surface area contributed by atoms with E-state index in [1.54, 1.807) is 37.0 Å². The first-order valence-electron chi connectivity index (χ1n) is 26.4. The van der Waals surface area contributed by atoms with Gasteiger partial charge in [0.25, 0.3) is 22.1 Å². The summed E-state index contributed by atoms with van der Waals surface area (Å²) < 4.78 is 57.3. The molecule has 0 spiro atoms. The molecule has 0 saturated carbocycles. The Balaban J connectivity index is 0.000000357. The lowest BCUT2D eigenvalue weighted by atomic mass is 10.0. The predicted octanol–water partition coefficient (Wildman–Crippen LogP) is 19.7. The molecule has 11 heteroatoms. The first-order chi connectivity index (χ1) is 36.5. The maximum absolute atomic E-state index is 13.9. The average Bonchev–Trinajstić information content (AvgIpc) is 3.84. The zero-order valence-electron chi connectivity index (χ0n) is 46.4. The van der Waals surface area contributed by atoms with Gasteiger partial charge in [-0.2, -0.15) is 0 Å². The van der Waals surface area contributed by atoms with Crippen LogP contribution in [0.1, 0.15) is 114 Å². The molecule has 0 amide bonds. The second-order valence-electron chi connectivity index (χ2n) is 15.5. The van der Waals surface area contributed by atoms with E-state index in [9.17, 15) is 23.9 Å². The Morgan fingerprint density at radius 2 is 0.737 bits per heavy atom. The molecule has 4 unspecified atom stereocenters. The number of fused-ring (bicyclic) bond motifs is 7. The minimum absolute atomic E-state index is 0. The Morgan fingerprint density at radius 1 is 0.382 bits per heavy atom. The van der Waals surface area contributed by atoms with Gasteiger partial charge in [-0.1, -0.05) is 236 Å². The number of aromatic hydroxyl groups is 2. The normalized spacial score (nSPS) is 17.1. The third kappa shape index (κ3) is 14.9. The van der Waals surface area contributed by atoms with Crippen molar-refractivity contribution in [2.45, 2.75) is 109 Å². The number of hydrogen-bond donors (Lipinski definition) is 2. The van der Waals surface area contributed by atoms with Crippen LogP contribution in [0.5, 0.6) is 28.7 Å². The number of rotatable bonds is 4. The number of phenolic OH excluding ortho intramolecular Hbond substituents is 2. The Hall–Kier alpha value is -6.55. The van der Waals surface area contributed by atoms with Crippen molar-refractivity contribution >= 4 is 38.0 Å². The van der Waals surface area contributed by atoms with E-state index in [0.29, 0.717) is 45.1 Å². The molecular formula is C65H83O8P3. The van der Waals surface area contributed by atoms with Crippen molar-refractivity contribution in [2.75, 3.05) is 6.66 Å². The van der Waals surface area contributed by atoms with Crippen LogP contribution in [0.4, 0.5) is 0 Å². The van der Waals surface area contributed by atoms with E-state index < -0.39 is 27.8 Å². The first-order valence-corrected chi connectivity index (χ1v) is 32.0. The van der Waals surface area contributed by atoms with Gasteiger partial charge in [0.15, 0.2) is 0 Å². The van der Waals surface area contributed by atoms with Crippen LogP contribution in [0.25, 0.3) is 33.4 Å². The molecule has 0 aliphatic carbocycles. The van der Waals surface area contributed by atoms with Gasteiger partial charge in [0, 0.05) is 34.5 Å². The van der Waals surface area contributed by atoms with Gasteiger partial charge in [0.05, 0.1) is 27.7 Å². The molecule has 0 bridgehead atoms. The van der Waals surface area contributed by atoms with Crippen LogP contribution in [-0.2, 0) is 19.9 Å². The molecule has 8 aromatic carbocycles. The van der Waals surface area contributed by atoms with E-state index in [1.807, 2.05) is 254 Å². The zero-order valence-corrected chi connectivity index (χ0v) is 49.1. The van der Waals surface area contributed by atoms with Crippen molar-refractivity contribution in [3.63, 3.8) is 0 Å². The molecule has 0 aromatic heterocycles. The Bertz CT molecular complexity index is 3140. The SMILES string of the molecule is C.CC.CC.CC.CC.CC.CC.CC(c1ccccc1O)P1(=O)Oc2ccccc2-c2ccccc21.CP1(=O)Oc2ccccc2-c2ccccc21.O=P1(c2ccccc2-c2ccccc2O)Cc2ccccc2O1. The lowest BCUT2D eigenvalue weighted by Gasteiger charge is -2.32. The highest BCUT2D eigenvalue weighted by molar-refractivity contribution is 7.68. The molecule has 3 aliphatic heterocycles. The standard InChI is InChI=1S/C20H17O3P.C19H15O3P.C13H11O2P.6C2H6.CH4/c1-14(15-8-2-5-11-18(15)21)24(22)20-13-7-4-10-17(20)16-9-3-6-12-19(16)23-24;20-17-10-4-2-8-15(17)16-9-3-6-12-19(16)23(21)13-14-7-1-5-11-18(14)22-23;1-16(14)13-9-5-3-7-11(13)10-6-2-4-8-12(10)15-16;6*1-2;/h2-14,21H,1H3;1-12,20H,13H2;2-9H,1H3;6*1-2H3;1H4. The second-order valence-corrected chi connectivity index (χ2v) is 22.8. The molecule has 76 heavy (non-hydrogen) atoms. The van der Waals surface area contributed by atoms with Gasteiger partial charge in [-0.05, 0) is 72.1 Å². The van der Waals surface area contributed by atoms with Crippen LogP contribution in [0.2, 0.25) is 0 Å². The highest BCUT2D eigenvalue weighted by Crippen LogP contribution is 2.64. The predicted molar refractivity (Wildman–Crippen MR) is 328 cm³/mol. The van der Waals surface area contributed by atoms with Crippen LogP contribution in [0, 0.1) is 0 Å². The number of benzene rings is 8. The van der Waals surface area contributed by atoms with Gasteiger partial charge in [0.2, 0.25) is 0 Å². The molecule has 8 nitrogen and oxygen atoms in total. The molecule has 3 aliphatic rings. The van der Waals surface area contributed by atoms with Crippen LogP contribution >= 0.6 is 22.1 Å². The monoisotopic (exact) mass is 1080 g/mol. The van der Waals surface area contributed by atoms with Crippen molar-refractivity contribution < 1.29 is 37.5 Å². The first kappa shape index (κ1) is 65.6. The summed E-state index contributed by atoms with van der Waals surface area (Å²) in [5, 5.41) is 22.5. The maximum atomic E-state index is 13.9. The van der Waals surface area contributed by atoms with Crippen LogP contribution in [0.3, 0.4) is 0 Å². The Morgan fingerprint density at radius 3 is 1.24 bits per heavy atom. The van der Waals surface area contributed by atoms with E-state index >= 15 is 0 Å². The van der Waals surface area contributed by atoms with Crippen molar-refractivity contribution in [3.05, 3.63) is 205 Å². The molecule has 406 valence electrons. The molecule has 0 radical (unpaired) electrons. The van der Waals surface area contributed by atoms with Crippen molar-refractivity contribution in [1.82, 2.24) is 0 Å². The number of phenols is 2. The smallest absolute Gasteiger partial charge is 0.285 e. The lowest BCUT2D eigenvalue weighted by Crippen LogP contribution is -2.21. The van der Waals surface area contributed by atoms with Crippen LogP contribution < -0.4 is 29.5 Å². The Kier molecular flexibility index (Phi) is 27.7. The van der Waals surface area contributed by atoms with Gasteiger partial charge >= 0.3 is 0 Å².